The minimum absolute atomic E-state index is 0.00683. The van der Waals surface area contributed by atoms with Crippen LogP contribution in [0.15, 0.2) is 46.7 Å². The highest BCUT2D eigenvalue weighted by molar-refractivity contribution is 7.91. The molecule has 1 saturated heterocycles. The van der Waals surface area contributed by atoms with Crippen molar-refractivity contribution in [3.63, 3.8) is 0 Å². The van der Waals surface area contributed by atoms with E-state index < -0.39 is 9.84 Å². The summed E-state index contributed by atoms with van der Waals surface area (Å²) in [5.74, 6) is -0.0542. The number of carbonyl (C=O) groups is 1. The lowest BCUT2D eigenvalue weighted by Crippen LogP contribution is -2.39. The van der Waals surface area contributed by atoms with Crippen molar-refractivity contribution in [1.82, 2.24) is 4.90 Å². The molecule has 0 unspecified atom stereocenters. The SMILES string of the molecule is Cc1csc(C(=O)N2CCC[C@H]2CS(=O)(=O)c2ccccc2)c1. The van der Waals surface area contributed by atoms with Crippen LogP contribution in [0.1, 0.15) is 28.1 Å². The summed E-state index contributed by atoms with van der Waals surface area (Å²) in [6, 6.07) is 10.1. The van der Waals surface area contributed by atoms with Crippen LogP contribution in [0.3, 0.4) is 0 Å². The minimum atomic E-state index is -3.38. The highest BCUT2D eigenvalue weighted by atomic mass is 32.2. The standard InChI is InChI=1S/C17H19NO3S2/c1-13-10-16(22-11-13)17(19)18-9-5-6-14(18)12-23(20,21)15-7-3-2-4-8-15/h2-4,7-8,10-11,14H,5-6,9,12H2,1H3/t14-/m0/s1. The monoisotopic (exact) mass is 349 g/mol. The number of amides is 1. The predicted octanol–water partition coefficient (Wildman–Crippen LogP) is 3.14. The van der Waals surface area contributed by atoms with E-state index in [1.165, 1.54) is 11.3 Å². The second kappa shape index (κ2) is 6.45. The number of sulfone groups is 1. The van der Waals surface area contributed by atoms with Crippen LogP contribution in [0.2, 0.25) is 0 Å². The number of thiophene rings is 1. The highest BCUT2D eigenvalue weighted by Crippen LogP contribution is 2.26. The van der Waals surface area contributed by atoms with E-state index in [-0.39, 0.29) is 17.7 Å². The molecule has 1 aliphatic heterocycles. The zero-order valence-electron chi connectivity index (χ0n) is 12.9. The van der Waals surface area contributed by atoms with Crippen molar-refractivity contribution >= 4 is 27.1 Å². The Hall–Kier alpha value is -1.66. The maximum Gasteiger partial charge on any atom is 0.264 e. The fourth-order valence-electron chi connectivity index (χ4n) is 2.94. The van der Waals surface area contributed by atoms with Gasteiger partial charge >= 0.3 is 0 Å². The number of carbonyl (C=O) groups excluding carboxylic acids is 1. The average Bonchev–Trinajstić information content (AvgIpc) is 3.16. The number of aryl methyl sites for hydroxylation is 1. The first-order valence-corrected chi connectivity index (χ1v) is 10.1. The van der Waals surface area contributed by atoms with Crippen LogP contribution in [0.5, 0.6) is 0 Å². The lowest BCUT2D eigenvalue weighted by Gasteiger charge is -2.24. The van der Waals surface area contributed by atoms with Crippen molar-refractivity contribution in [3.8, 4) is 0 Å². The summed E-state index contributed by atoms with van der Waals surface area (Å²) in [5, 5.41) is 1.94. The second-order valence-electron chi connectivity index (χ2n) is 5.88. The quantitative estimate of drug-likeness (QED) is 0.852. The Balaban J connectivity index is 1.78. The number of benzene rings is 1. The number of rotatable bonds is 4. The van der Waals surface area contributed by atoms with E-state index >= 15 is 0 Å². The van der Waals surface area contributed by atoms with E-state index in [4.69, 9.17) is 0 Å². The van der Waals surface area contributed by atoms with E-state index in [0.717, 1.165) is 18.4 Å². The van der Waals surface area contributed by atoms with Gasteiger partial charge in [0.15, 0.2) is 9.84 Å². The molecule has 2 heterocycles. The molecule has 1 amide bonds. The molecule has 4 nitrogen and oxygen atoms in total. The Kier molecular flexibility index (Phi) is 4.55. The zero-order chi connectivity index (χ0) is 16.4. The molecule has 6 heteroatoms. The van der Waals surface area contributed by atoms with Crippen molar-refractivity contribution < 1.29 is 13.2 Å². The van der Waals surface area contributed by atoms with Crippen LogP contribution in [-0.2, 0) is 9.84 Å². The molecular formula is C17H19NO3S2. The van der Waals surface area contributed by atoms with Crippen LogP contribution in [-0.4, -0.2) is 37.6 Å². The first-order valence-electron chi connectivity index (χ1n) is 7.61. The summed E-state index contributed by atoms with van der Waals surface area (Å²) in [6.07, 6.45) is 1.59. The third-order valence-corrected chi connectivity index (χ3v) is 6.94. The van der Waals surface area contributed by atoms with Gasteiger partial charge in [-0.3, -0.25) is 4.79 Å². The van der Waals surface area contributed by atoms with E-state index in [9.17, 15) is 13.2 Å². The van der Waals surface area contributed by atoms with Crippen LogP contribution in [0, 0.1) is 6.92 Å². The van der Waals surface area contributed by atoms with Crippen LogP contribution in [0.25, 0.3) is 0 Å². The predicted molar refractivity (Wildman–Crippen MR) is 91.6 cm³/mol. The summed E-state index contributed by atoms with van der Waals surface area (Å²) < 4.78 is 25.1. The largest absolute Gasteiger partial charge is 0.334 e. The van der Waals surface area contributed by atoms with Crippen molar-refractivity contribution in [1.29, 1.82) is 0 Å². The molecule has 1 aromatic heterocycles. The Morgan fingerprint density at radius 2 is 2.04 bits per heavy atom. The molecule has 1 aliphatic rings. The van der Waals surface area contributed by atoms with Crippen LogP contribution < -0.4 is 0 Å². The minimum Gasteiger partial charge on any atom is -0.334 e. The fourth-order valence-corrected chi connectivity index (χ4v) is 5.41. The topological polar surface area (TPSA) is 54.5 Å². The molecule has 1 aromatic carbocycles. The second-order valence-corrected chi connectivity index (χ2v) is 8.82. The van der Waals surface area contributed by atoms with Crippen LogP contribution in [0.4, 0.5) is 0 Å². The van der Waals surface area contributed by atoms with Crippen molar-refractivity contribution in [2.75, 3.05) is 12.3 Å². The Morgan fingerprint density at radius 3 is 2.70 bits per heavy atom. The van der Waals surface area contributed by atoms with Gasteiger partial charge in [0.2, 0.25) is 0 Å². The van der Waals surface area contributed by atoms with Crippen molar-refractivity contribution in [2.45, 2.75) is 30.7 Å². The third-order valence-electron chi connectivity index (χ3n) is 4.09. The summed E-state index contributed by atoms with van der Waals surface area (Å²) in [7, 11) is -3.38. The molecule has 122 valence electrons. The van der Waals surface area contributed by atoms with Gasteiger partial charge in [0.1, 0.15) is 0 Å². The Morgan fingerprint density at radius 1 is 1.30 bits per heavy atom. The molecule has 2 aromatic rings. The molecule has 0 bridgehead atoms. The van der Waals surface area contributed by atoms with Gasteiger partial charge in [-0.05, 0) is 48.9 Å². The molecule has 1 fully saturated rings. The van der Waals surface area contributed by atoms with Gasteiger partial charge in [0.25, 0.3) is 5.91 Å². The molecule has 0 N–H and O–H groups in total. The van der Waals surface area contributed by atoms with E-state index in [1.807, 2.05) is 18.4 Å². The number of hydrogen-bond donors (Lipinski definition) is 0. The molecule has 0 aliphatic carbocycles. The van der Waals surface area contributed by atoms with Crippen molar-refractivity contribution in [3.05, 3.63) is 52.2 Å². The molecule has 0 spiro atoms. The van der Waals surface area contributed by atoms with Gasteiger partial charge in [-0.15, -0.1) is 11.3 Å². The summed E-state index contributed by atoms with van der Waals surface area (Å²) in [4.78, 5) is 15.4. The average molecular weight is 349 g/mol. The molecule has 1 atom stereocenters. The first kappa shape index (κ1) is 16.2. The van der Waals surface area contributed by atoms with Gasteiger partial charge < -0.3 is 4.90 Å². The molecule has 3 rings (SSSR count). The van der Waals surface area contributed by atoms with Gasteiger partial charge in [-0.1, -0.05) is 18.2 Å². The molecule has 23 heavy (non-hydrogen) atoms. The van der Waals surface area contributed by atoms with Gasteiger partial charge in [0.05, 0.1) is 15.5 Å². The smallest absolute Gasteiger partial charge is 0.264 e. The number of nitrogens with zero attached hydrogens (tertiary/aromatic N) is 1. The third kappa shape index (κ3) is 3.48. The molecule has 0 radical (unpaired) electrons. The maximum absolute atomic E-state index is 12.6. The summed E-state index contributed by atoms with van der Waals surface area (Å²) in [5.41, 5.74) is 1.06. The summed E-state index contributed by atoms with van der Waals surface area (Å²) >= 11 is 1.42. The highest BCUT2D eigenvalue weighted by Gasteiger charge is 2.33. The molecule has 0 saturated carbocycles. The van der Waals surface area contributed by atoms with Crippen molar-refractivity contribution in [2.24, 2.45) is 0 Å². The first-order chi connectivity index (χ1) is 11.0. The number of likely N-dealkylation sites (tertiary alicyclic amines) is 1. The molecular weight excluding hydrogens is 330 g/mol. The van der Waals surface area contributed by atoms with Gasteiger partial charge in [-0.25, -0.2) is 8.42 Å². The van der Waals surface area contributed by atoms with E-state index in [0.29, 0.717) is 16.3 Å². The van der Waals surface area contributed by atoms with Gasteiger partial charge in [-0.2, -0.15) is 0 Å². The lowest BCUT2D eigenvalue weighted by molar-refractivity contribution is 0.0754. The maximum atomic E-state index is 12.6. The fraction of sp³-hybridized carbons (Fsp3) is 0.353. The zero-order valence-corrected chi connectivity index (χ0v) is 14.6. The lowest BCUT2D eigenvalue weighted by atomic mass is 10.2. The van der Waals surface area contributed by atoms with E-state index in [1.54, 1.807) is 35.2 Å². The van der Waals surface area contributed by atoms with Gasteiger partial charge in [0, 0.05) is 12.6 Å². The van der Waals surface area contributed by atoms with E-state index in [2.05, 4.69) is 0 Å². The Labute approximate surface area is 140 Å². The normalized spacial score (nSPS) is 18.3. The number of hydrogen-bond acceptors (Lipinski definition) is 4. The van der Waals surface area contributed by atoms with Crippen LogP contribution >= 0.6 is 11.3 Å². The summed E-state index contributed by atoms with van der Waals surface area (Å²) in [6.45, 7) is 2.58. The Bertz CT molecular complexity index is 796.